The first-order valence-corrected chi connectivity index (χ1v) is 8.50. The number of benzene rings is 2. The standard InChI is InChI=1S/C15H14OS2/c1-17-15-12-7-3-2-6-11(12)10-18(16)14-9-5-4-8-13(14)15/h2-9,15H,10H2,1H3. The third-order valence-corrected chi connectivity index (χ3v) is 5.72. The third kappa shape index (κ3) is 1.91. The monoisotopic (exact) mass is 274 g/mol. The number of thioether (sulfide) groups is 1. The summed E-state index contributed by atoms with van der Waals surface area (Å²) in [5, 5.41) is 0.295. The highest BCUT2D eigenvalue weighted by Crippen LogP contribution is 2.41. The molecule has 0 saturated carbocycles. The molecule has 0 aliphatic carbocycles. The Hall–Kier alpha value is -1.06. The predicted molar refractivity (Wildman–Crippen MR) is 78.4 cm³/mol. The second kappa shape index (κ2) is 4.90. The van der Waals surface area contributed by atoms with E-state index in [1.807, 2.05) is 36.0 Å². The minimum atomic E-state index is -0.930. The number of hydrogen-bond donors (Lipinski definition) is 0. The maximum absolute atomic E-state index is 12.4. The first-order chi connectivity index (χ1) is 8.81. The molecule has 92 valence electrons. The summed E-state index contributed by atoms with van der Waals surface area (Å²) in [6.07, 6.45) is 2.12. The number of fused-ring (bicyclic) bond motifs is 2. The summed E-state index contributed by atoms with van der Waals surface area (Å²) in [6.45, 7) is 0. The first-order valence-electron chi connectivity index (χ1n) is 5.89. The zero-order chi connectivity index (χ0) is 12.5. The highest BCUT2D eigenvalue weighted by Gasteiger charge is 2.25. The van der Waals surface area contributed by atoms with Crippen LogP contribution < -0.4 is 0 Å². The van der Waals surface area contributed by atoms with Crippen LogP contribution in [0.1, 0.15) is 21.9 Å². The van der Waals surface area contributed by atoms with Crippen molar-refractivity contribution >= 4 is 22.6 Å². The molecule has 0 fully saturated rings. The van der Waals surface area contributed by atoms with E-state index in [1.165, 1.54) is 16.7 Å². The molecule has 0 radical (unpaired) electrons. The fourth-order valence-electron chi connectivity index (χ4n) is 2.47. The number of rotatable bonds is 1. The molecule has 0 amide bonds. The van der Waals surface area contributed by atoms with E-state index in [-0.39, 0.29) is 0 Å². The molecule has 1 nitrogen and oxygen atoms in total. The van der Waals surface area contributed by atoms with E-state index in [9.17, 15) is 4.21 Å². The van der Waals surface area contributed by atoms with Gasteiger partial charge in [-0.15, -0.1) is 0 Å². The van der Waals surface area contributed by atoms with Crippen molar-refractivity contribution in [3.8, 4) is 0 Å². The van der Waals surface area contributed by atoms with Gasteiger partial charge in [-0.05, 0) is 29.0 Å². The fraction of sp³-hybridized carbons (Fsp3) is 0.200. The Bertz CT molecular complexity index is 607. The first kappa shape index (κ1) is 12.0. The highest BCUT2D eigenvalue weighted by atomic mass is 32.2. The van der Waals surface area contributed by atoms with Crippen LogP contribution in [0.5, 0.6) is 0 Å². The van der Waals surface area contributed by atoms with Gasteiger partial charge in [-0.3, -0.25) is 4.21 Å². The Kier molecular flexibility index (Phi) is 3.27. The minimum absolute atomic E-state index is 0.295. The van der Waals surface area contributed by atoms with Crippen LogP contribution in [-0.4, -0.2) is 10.5 Å². The Morgan fingerprint density at radius 1 is 1.06 bits per heavy atom. The second-order valence-electron chi connectivity index (χ2n) is 4.34. The largest absolute Gasteiger partial charge is 0.254 e. The molecule has 2 unspecified atom stereocenters. The van der Waals surface area contributed by atoms with Gasteiger partial charge >= 0.3 is 0 Å². The lowest BCUT2D eigenvalue weighted by molar-refractivity contribution is 0.682. The maximum Gasteiger partial charge on any atom is 0.0577 e. The molecule has 0 bridgehead atoms. The fourth-order valence-corrected chi connectivity index (χ4v) is 4.86. The molecule has 1 heterocycles. The molecular formula is C15H14OS2. The van der Waals surface area contributed by atoms with E-state index >= 15 is 0 Å². The van der Waals surface area contributed by atoms with Gasteiger partial charge in [-0.1, -0.05) is 42.5 Å². The second-order valence-corrected chi connectivity index (χ2v) is 6.70. The zero-order valence-electron chi connectivity index (χ0n) is 10.1. The molecule has 2 aromatic carbocycles. The van der Waals surface area contributed by atoms with Gasteiger partial charge in [0.2, 0.25) is 0 Å². The van der Waals surface area contributed by atoms with Gasteiger partial charge in [0.05, 0.1) is 21.8 Å². The SMILES string of the molecule is CSC1c2ccccc2CS(=O)c2ccccc21. The van der Waals surface area contributed by atoms with Crippen LogP contribution in [0.15, 0.2) is 53.4 Å². The van der Waals surface area contributed by atoms with Gasteiger partial charge in [-0.2, -0.15) is 11.8 Å². The van der Waals surface area contributed by atoms with E-state index in [1.54, 1.807) is 0 Å². The van der Waals surface area contributed by atoms with Crippen molar-refractivity contribution in [1.82, 2.24) is 0 Å². The number of hydrogen-bond acceptors (Lipinski definition) is 2. The summed E-state index contributed by atoms with van der Waals surface area (Å²) in [6, 6.07) is 16.5. The third-order valence-electron chi connectivity index (χ3n) is 3.31. The van der Waals surface area contributed by atoms with Crippen LogP contribution in [0.25, 0.3) is 0 Å². The Balaban J connectivity index is 2.26. The quantitative estimate of drug-likeness (QED) is 0.787. The van der Waals surface area contributed by atoms with Crippen molar-refractivity contribution in [2.45, 2.75) is 15.9 Å². The minimum Gasteiger partial charge on any atom is -0.254 e. The van der Waals surface area contributed by atoms with Crippen LogP contribution in [0.3, 0.4) is 0 Å². The van der Waals surface area contributed by atoms with E-state index in [4.69, 9.17) is 0 Å². The summed E-state index contributed by atoms with van der Waals surface area (Å²) in [5.74, 6) is 0.629. The summed E-state index contributed by atoms with van der Waals surface area (Å²) in [7, 11) is -0.930. The predicted octanol–water partition coefficient (Wildman–Crippen LogP) is 3.76. The summed E-state index contributed by atoms with van der Waals surface area (Å²) >= 11 is 1.81. The molecule has 3 rings (SSSR count). The van der Waals surface area contributed by atoms with Gasteiger partial charge in [0.1, 0.15) is 0 Å². The highest BCUT2D eigenvalue weighted by molar-refractivity contribution is 7.99. The van der Waals surface area contributed by atoms with Gasteiger partial charge in [0, 0.05) is 4.90 Å². The van der Waals surface area contributed by atoms with Gasteiger partial charge < -0.3 is 0 Å². The van der Waals surface area contributed by atoms with Gasteiger partial charge in [-0.25, -0.2) is 0 Å². The molecule has 1 aliphatic heterocycles. The lowest BCUT2D eigenvalue weighted by Gasteiger charge is -2.17. The molecule has 1 aliphatic rings. The van der Waals surface area contributed by atoms with Crippen molar-refractivity contribution in [1.29, 1.82) is 0 Å². The molecule has 2 aromatic rings. The van der Waals surface area contributed by atoms with Crippen LogP contribution >= 0.6 is 11.8 Å². The van der Waals surface area contributed by atoms with Crippen LogP contribution in [0.2, 0.25) is 0 Å². The Labute approximate surface area is 114 Å². The van der Waals surface area contributed by atoms with E-state index in [0.717, 1.165) is 4.90 Å². The average Bonchev–Trinajstić information content (AvgIpc) is 2.53. The van der Waals surface area contributed by atoms with Crippen LogP contribution in [-0.2, 0) is 16.6 Å². The van der Waals surface area contributed by atoms with Crippen LogP contribution in [0.4, 0.5) is 0 Å². The summed E-state index contributed by atoms with van der Waals surface area (Å²) in [4.78, 5) is 0.994. The Morgan fingerprint density at radius 2 is 1.72 bits per heavy atom. The molecule has 0 aromatic heterocycles. The summed E-state index contributed by atoms with van der Waals surface area (Å²) < 4.78 is 12.4. The van der Waals surface area contributed by atoms with E-state index < -0.39 is 10.8 Å². The lowest BCUT2D eigenvalue weighted by Crippen LogP contribution is -1.98. The van der Waals surface area contributed by atoms with Crippen molar-refractivity contribution in [3.05, 3.63) is 65.2 Å². The van der Waals surface area contributed by atoms with E-state index in [0.29, 0.717) is 11.0 Å². The van der Waals surface area contributed by atoms with Crippen molar-refractivity contribution in [2.75, 3.05) is 6.26 Å². The van der Waals surface area contributed by atoms with Crippen molar-refractivity contribution in [2.24, 2.45) is 0 Å². The topological polar surface area (TPSA) is 17.1 Å². The molecule has 2 atom stereocenters. The smallest absolute Gasteiger partial charge is 0.0577 e. The summed E-state index contributed by atoms with van der Waals surface area (Å²) in [5.41, 5.74) is 3.72. The van der Waals surface area contributed by atoms with Crippen molar-refractivity contribution in [3.63, 3.8) is 0 Å². The molecule has 0 spiro atoms. The van der Waals surface area contributed by atoms with Gasteiger partial charge in [0.25, 0.3) is 0 Å². The molecular weight excluding hydrogens is 260 g/mol. The lowest BCUT2D eigenvalue weighted by atomic mass is 10.0. The van der Waals surface area contributed by atoms with Crippen molar-refractivity contribution < 1.29 is 4.21 Å². The molecule has 18 heavy (non-hydrogen) atoms. The Morgan fingerprint density at radius 3 is 2.50 bits per heavy atom. The van der Waals surface area contributed by atoms with Crippen LogP contribution in [0, 0.1) is 0 Å². The molecule has 3 heteroatoms. The maximum atomic E-state index is 12.4. The molecule has 0 saturated heterocycles. The zero-order valence-corrected chi connectivity index (χ0v) is 11.8. The normalized spacial score (nSPS) is 21.8. The average molecular weight is 274 g/mol. The van der Waals surface area contributed by atoms with E-state index in [2.05, 4.69) is 30.5 Å². The molecule has 0 N–H and O–H groups in total. The van der Waals surface area contributed by atoms with Gasteiger partial charge in [0.15, 0.2) is 0 Å².